The van der Waals surface area contributed by atoms with Crippen LogP contribution in [0, 0.1) is 5.41 Å². The molecule has 1 heterocycles. The van der Waals surface area contributed by atoms with Crippen molar-refractivity contribution in [3.8, 4) is 0 Å². The molecule has 0 aromatic carbocycles. The maximum absolute atomic E-state index is 6.37. The lowest BCUT2D eigenvalue weighted by Crippen LogP contribution is -2.50. The number of nitrogens with two attached hydrogens (primary N) is 1. The summed E-state index contributed by atoms with van der Waals surface area (Å²) in [4.78, 5) is 2.60. The summed E-state index contributed by atoms with van der Waals surface area (Å²) < 4.78 is 0. The molecule has 3 heteroatoms. The summed E-state index contributed by atoms with van der Waals surface area (Å²) in [5, 5.41) is 0.540. The summed E-state index contributed by atoms with van der Waals surface area (Å²) >= 11 is 2.07. The Balaban J connectivity index is 2.18. The third-order valence-corrected chi connectivity index (χ3v) is 5.43. The van der Waals surface area contributed by atoms with Crippen LogP contribution in [0.3, 0.4) is 0 Å². The van der Waals surface area contributed by atoms with Gasteiger partial charge in [-0.15, -0.1) is 11.8 Å². The molecule has 0 radical (unpaired) electrons. The molecule has 0 saturated carbocycles. The van der Waals surface area contributed by atoms with Crippen molar-refractivity contribution in [1.82, 2.24) is 4.90 Å². The van der Waals surface area contributed by atoms with E-state index in [1.807, 2.05) is 0 Å². The number of rotatable bonds is 3. The zero-order chi connectivity index (χ0) is 12.5. The summed E-state index contributed by atoms with van der Waals surface area (Å²) in [5.41, 5.74) is 7.75. The minimum absolute atomic E-state index is 0.0792. The molecule has 1 saturated heterocycles. The highest BCUT2D eigenvalue weighted by Gasteiger charge is 2.43. The molecular weight excluding hydrogens is 228 g/mol. The zero-order valence-electron chi connectivity index (χ0n) is 11.1. The van der Waals surface area contributed by atoms with E-state index in [1.54, 1.807) is 0 Å². The second-order valence-corrected chi connectivity index (χ2v) is 6.58. The molecule has 3 unspecified atom stereocenters. The highest BCUT2D eigenvalue weighted by atomic mass is 32.2. The predicted molar refractivity (Wildman–Crippen MR) is 77.1 cm³/mol. The van der Waals surface area contributed by atoms with Gasteiger partial charge in [-0.2, -0.15) is 0 Å². The molecule has 2 nitrogen and oxygen atoms in total. The van der Waals surface area contributed by atoms with Gasteiger partial charge < -0.3 is 5.73 Å². The molecule has 3 atom stereocenters. The molecule has 2 N–H and O–H groups in total. The molecule has 2 aliphatic rings. The normalized spacial score (nSPS) is 38.5. The van der Waals surface area contributed by atoms with Crippen LogP contribution in [0.5, 0.6) is 0 Å². The van der Waals surface area contributed by atoms with Gasteiger partial charge in [0.15, 0.2) is 0 Å². The zero-order valence-corrected chi connectivity index (χ0v) is 12.0. The van der Waals surface area contributed by atoms with Gasteiger partial charge >= 0.3 is 0 Å². The molecule has 1 fully saturated rings. The lowest BCUT2D eigenvalue weighted by molar-refractivity contribution is 0.179. The summed E-state index contributed by atoms with van der Waals surface area (Å²) in [6.45, 7) is 9.09. The van der Waals surface area contributed by atoms with Crippen molar-refractivity contribution in [3.05, 3.63) is 23.8 Å². The van der Waals surface area contributed by atoms with Crippen LogP contribution in [0.25, 0.3) is 0 Å². The Morgan fingerprint density at radius 3 is 3.00 bits per heavy atom. The third kappa shape index (κ3) is 2.47. The van der Waals surface area contributed by atoms with Gasteiger partial charge in [0.25, 0.3) is 0 Å². The molecule has 0 bridgehead atoms. The Morgan fingerprint density at radius 1 is 1.59 bits per heavy atom. The molecule has 2 rings (SSSR count). The molecule has 1 aliphatic carbocycles. The largest absolute Gasteiger partial charge is 0.324 e. The van der Waals surface area contributed by atoms with E-state index in [4.69, 9.17) is 5.73 Å². The van der Waals surface area contributed by atoms with Crippen molar-refractivity contribution in [2.24, 2.45) is 11.1 Å². The van der Waals surface area contributed by atoms with Gasteiger partial charge in [0.05, 0.1) is 5.37 Å². The van der Waals surface area contributed by atoms with Gasteiger partial charge in [0, 0.05) is 23.8 Å². The molecule has 0 aromatic heterocycles. The van der Waals surface area contributed by atoms with Crippen molar-refractivity contribution < 1.29 is 0 Å². The summed E-state index contributed by atoms with van der Waals surface area (Å²) in [5.74, 6) is 1.24. The lowest BCUT2D eigenvalue weighted by Gasteiger charge is -2.42. The van der Waals surface area contributed by atoms with E-state index in [9.17, 15) is 0 Å². The van der Waals surface area contributed by atoms with E-state index >= 15 is 0 Å². The molecule has 17 heavy (non-hydrogen) atoms. The number of allylic oxidation sites excluding steroid dienone is 2. The van der Waals surface area contributed by atoms with Crippen LogP contribution in [0.2, 0.25) is 0 Å². The molecule has 1 aliphatic heterocycles. The summed E-state index contributed by atoms with van der Waals surface area (Å²) in [6, 6.07) is 0.141. The van der Waals surface area contributed by atoms with Crippen LogP contribution in [0.15, 0.2) is 23.8 Å². The van der Waals surface area contributed by atoms with Crippen LogP contribution < -0.4 is 5.73 Å². The number of hydrogen-bond acceptors (Lipinski definition) is 3. The van der Waals surface area contributed by atoms with E-state index < -0.39 is 0 Å². The Bertz CT molecular complexity index is 337. The second-order valence-electron chi connectivity index (χ2n) is 5.39. The van der Waals surface area contributed by atoms with Crippen LogP contribution in [0.4, 0.5) is 0 Å². The molecular formula is C14H24N2S. The van der Waals surface area contributed by atoms with E-state index in [0.717, 1.165) is 0 Å². The van der Waals surface area contributed by atoms with Gasteiger partial charge in [0.1, 0.15) is 0 Å². The number of thioether (sulfide) groups is 1. The monoisotopic (exact) mass is 252 g/mol. The first-order valence-corrected chi connectivity index (χ1v) is 7.61. The van der Waals surface area contributed by atoms with Crippen molar-refractivity contribution in [2.75, 3.05) is 18.8 Å². The Labute approximate surface area is 109 Å². The van der Waals surface area contributed by atoms with Gasteiger partial charge in [-0.25, -0.2) is 0 Å². The van der Waals surface area contributed by atoms with Gasteiger partial charge in [-0.05, 0) is 19.9 Å². The minimum atomic E-state index is 0.0792. The van der Waals surface area contributed by atoms with Crippen LogP contribution >= 0.6 is 11.8 Å². The fraction of sp³-hybridized carbons (Fsp3) is 0.714. The lowest BCUT2D eigenvalue weighted by atomic mass is 9.77. The minimum Gasteiger partial charge on any atom is -0.324 e. The summed E-state index contributed by atoms with van der Waals surface area (Å²) in [6.07, 6.45) is 8.00. The molecule has 96 valence electrons. The average Bonchev–Trinajstić information content (AvgIpc) is 2.73. The molecule has 0 spiro atoms. The molecule has 0 aromatic rings. The number of nitrogens with zero attached hydrogens (tertiary/aromatic N) is 1. The van der Waals surface area contributed by atoms with Crippen molar-refractivity contribution >= 4 is 11.8 Å². The topological polar surface area (TPSA) is 29.3 Å². The Kier molecular flexibility index (Phi) is 4.01. The van der Waals surface area contributed by atoms with E-state index in [1.165, 1.54) is 30.8 Å². The highest BCUT2D eigenvalue weighted by Crippen LogP contribution is 2.43. The number of hydrogen-bond donors (Lipinski definition) is 1. The van der Waals surface area contributed by atoms with Gasteiger partial charge in [-0.3, -0.25) is 4.90 Å². The van der Waals surface area contributed by atoms with Crippen molar-refractivity contribution in [1.29, 1.82) is 0 Å². The van der Waals surface area contributed by atoms with Crippen LogP contribution in [-0.4, -0.2) is 35.2 Å². The average molecular weight is 252 g/mol. The first-order valence-electron chi connectivity index (χ1n) is 6.57. The second kappa shape index (κ2) is 5.17. The van der Waals surface area contributed by atoms with E-state index in [0.29, 0.717) is 5.37 Å². The van der Waals surface area contributed by atoms with Gasteiger partial charge in [-0.1, -0.05) is 37.6 Å². The van der Waals surface area contributed by atoms with Crippen molar-refractivity contribution in [3.63, 3.8) is 0 Å². The van der Waals surface area contributed by atoms with Crippen LogP contribution in [-0.2, 0) is 0 Å². The predicted octanol–water partition coefficient (Wildman–Crippen LogP) is 2.62. The quantitative estimate of drug-likeness (QED) is 0.837. The first-order chi connectivity index (χ1) is 8.08. The fourth-order valence-corrected chi connectivity index (χ4v) is 4.36. The third-order valence-electron chi connectivity index (χ3n) is 3.89. The highest BCUT2D eigenvalue weighted by molar-refractivity contribution is 8.00. The van der Waals surface area contributed by atoms with Crippen molar-refractivity contribution in [2.45, 2.75) is 38.6 Å². The molecule has 0 amide bonds. The van der Waals surface area contributed by atoms with Crippen LogP contribution in [0.1, 0.15) is 27.2 Å². The van der Waals surface area contributed by atoms with Gasteiger partial charge in [0.2, 0.25) is 0 Å². The van der Waals surface area contributed by atoms with E-state index in [-0.39, 0.29) is 11.5 Å². The van der Waals surface area contributed by atoms with E-state index in [2.05, 4.69) is 55.7 Å². The first kappa shape index (κ1) is 13.2. The fourth-order valence-electron chi connectivity index (χ4n) is 2.78. The Hall–Kier alpha value is -0.250. The SMILES string of the molecule is CCCN1CCSC1C1(C)C=CC(C)=CC1N. The Morgan fingerprint density at radius 2 is 2.35 bits per heavy atom. The standard InChI is InChI=1S/C14H24N2S/c1-4-7-16-8-9-17-13(16)14(3)6-5-11(2)10-12(14)15/h5-6,10,12-13H,4,7-9,15H2,1-3H3. The maximum atomic E-state index is 6.37. The smallest absolute Gasteiger partial charge is 0.0665 e. The summed E-state index contributed by atoms with van der Waals surface area (Å²) in [7, 11) is 0. The maximum Gasteiger partial charge on any atom is 0.0665 e.